The molecule has 5 nitrogen and oxygen atoms in total. The van der Waals surface area contributed by atoms with Crippen molar-refractivity contribution in [2.45, 2.75) is 13.8 Å². The molecule has 0 atom stereocenters. The molecule has 0 fully saturated rings. The smallest absolute Gasteiger partial charge is 0.341 e. The topological polar surface area (TPSA) is 68.5 Å². The molecule has 0 aliphatic heterocycles. The average Bonchev–Trinajstić information content (AvgIpc) is 3.26. The van der Waals surface area contributed by atoms with Gasteiger partial charge in [-0.05, 0) is 37.6 Å². The Bertz CT molecular complexity index is 996. The summed E-state index contributed by atoms with van der Waals surface area (Å²) in [5, 5.41) is 5.04. The zero-order valence-electron chi connectivity index (χ0n) is 15.2. The SMILES string of the molecule is COC(=O)c1c(-c2ccc(C)cc2)csc1NC(=O)/C=C/c1ccc(C)o1. The van der Waals surface area contributed by atoms with Gasteiger partial charge >= 0.3 is 5.97 Å². The molecule has 1 N–H and O–H groups in total. The van der Waals surface area contributed by atoms with Gasteiger partial charge in [0.25, 0.3) is 0 Å². The fraction of sp³-hybridized carbons (Fsp3) is 0.143. The number of furan rings is 1. The molecule has 0 saturated heterocycles. The maximum Gasteiger partial charge on any atom is 0.341 e. The van der Waals surface area contributed by atoms with Crippen LogP contribution in [0.5, 0.6) is 0 Å². The Kier molecular flexibility index (Phi) is 5.57. The first kappa shape index (κ1) is 18.7. The maximum absolute atomic E-state index is 12.3. The first-order chi connectivity index (χ1) is 13.0. The van der Waals surface area contributed by atoms with Gasteiger partial charge in [-0.2, -0.15) is 0 Å². The summed E-state index contributed by atoms with van der Waals surface area (Å²) >= 11 is 1.28. The van der Waals surface area contributed by atoms with E-state index in [2.05, 4.69) is 5.32 Å². The molecule has 1 amide bonds. The summed E-state index contributed by atoms with van der Waals surface area (Å²) in [4.78, 5) is 24.6. The van der Waals surface area contributed by atoms with E-state index in [1.54, 1.807) is 12.1 Å². The van der Waals surface area contributed by atoms with Gasteiger partial charge in [0.15, 0.2) is 0 Å². The van der Waals surface area contributed by atoms with Crippen molar-refractivity contribution in [3.63, 3.8) is 0 Å². The monoisotopic (exact) mass is 381 g/mol. The van der Waals surface area contributed by atoms with Gasteiger partial charge in [0, 0.05) is 17.0 Å². The lowest BCUT2D eigenvalue weighted by Crippen LogP contribution is -2.11. The molecule has 2 aromatic heterocycles. The molecule has 0 spiro atoms. The van der Waals surface area contributed by atoms with Crippen LogP contribution in [0.1, 0.15) is 27.4 Å². The predicted molar refractivity (Wildman–Crippen MR) is 107 cm³/mol. The third-order valence-electron chi connectivity index (χ3n) is 3.94. The summed E-state index contributed by atoms with van der Waals surface area (Å²) in [6.07, 6.45) is 2.94. The van der Waals surface area contributed by atoms with Gasteiger partial charge in [0.1, 0.15) is 22.1 Å². The fourth-order valence-electron chi connectivity index (χ4n) is 2.55. The summed E-state index contributed by atoms with van der Waals surface area (Å²) in [5.41, 5.74) is 3.09. The van der Waals surface area contributed by atoms with E-state index < -0.39 is 5.97 Å². The van der Waals surface area contributed by atoms with Crippen molar-refractivity contribution in [3.8, 4) is 11.1 Å². The second kappa shape index (κ2) is 8.05. The van der Waals surface area contributed by atoms with Crippen molar-refractivity contribution in [1.29, 1.82) is 0 Å². The van der Waals surface area contributed by atoms with E-state index in [9.17, 15) is 9.59 Å². The Morgan fingerprint density at radius 1 is 1.11 bits per heavy atom. The number of thiophene rings is 1. The van der Waals surface area contributed by atoms with Crippen molar-refractivity contribution in [3.05, 3.63) is 70.5 Å². The van der Waals surface area contributed by atoms with Crippen LogP contribution in [0.4, 0.5) is 5.00 Å². The van der Waals surface area contributed by atoms with Gasteiger partial charge < -0.3 is 14.5 Å². The molecule has 0 radical (unpaired) electrons. The van der Waals surface area contributed by atoms with Gasteiger partial charge in [-0.15, -0.1) is 11.3 Å². The molecule has 3 rings (SSSR count). The number of hydrogen-bond acceptors (Lipinski definition) is 5. The number of esters is 1. The molecule has 2 heterocycles. The molecule has 0 aliphatic rings. The molecule has 0 unspecified atom stereocenters. The van der Waals surface area contributed by atoms with E-state index in [-0.39, 0.29) is 5.91 Å². The molecule has 1 aromatic carbocycles. The Labute approximate surface area is 161 Å². The van der Waals surface area contributed by atoms with Crippen LogP contribution < -0.4 is 5.32 Å². The quantitative estimate of drug-likeness (QED) is 0.495. The number of methoxy groups -OCH3 is 1. The standard InChI is InChI=1S/C21H19NO4S/c1-13-4-7-15(8-5-13)17-12-27-20(19(17)21(24)25-3)22-18(23)11-10-16-9-6-14(2)26-16/h4-12H,1-3H3,(H,22,23)/b11-10+. The number of carbonyl (C=O) groups is 2. The molecule has 0 bridgehead atoms. The Morgan fingerprint density at radius 2 is 1.85 bits per heavy atom. The van der Waals surface area contributed by atoms with Gasteiger partial charge in [-0.25, -0.2) is 4.79 Å². The molecular formula is C21H19NO4S. The Hall–Kier alpha value is -3.12. The van der Waals surface area contributed by atoms with Crippen LogP contribution in [0.3, 0.4) is 0 Å². The van der Waals surface area contributed by atoms with E-state index >= 15 is 0 Å². The molecule has 27 heavy (non-hydrogen) atoms. The highest BCUT2D eigenvalue weighted by atomic mass is 32.1. The van der Waals surface area contributed by atoms with Crippen LogP contribution >= 0.6 is 11.3 Å². The minimum atomic E-state index is -0.493. The van der Waals surface area contributed by atoms with Crippen LogP contribution in [0, 0.1) is 13.8 Å². The van der Waals surface area contributed by atoms with Crippen molar-refractivity contribution in [2.75, 3.05) is 12.4 Å². The number of anilines is 1. The number of carbonyl (C=O) groups excluding carboxylic acids is 2. The van der Waals surface area contributed by atoms with Crippen LogP contribution in [0.25, 0.3) is 17.2 Å². The lowest BCUT2D eigenvalue weighted by atomic mass is 10.0. The van der Waals surface area contributed by atoms with E-state index in [4.69, 9.17) is 9.15 Å². The number of amides is 1. The van der Waals surface area contributed by atoms with Crippen LogP contribution in [-0.4, -0.2) is 19.0 Å². The third kappa shape index (κ3) is 4.35. The minimum Gasteiger partial charge on any atom is -0.465 e. The van der Waals surface area contributed by atoms with E-state index in [1.807, 2.05) is 49.6 Å². The lowest BCUT2D eigenvalue weighted by molar-refractivity contribution is -0.111. The summed E-state index contributed by atoms with van der Waals surface area (Å²) in [5.74, 6) is 0.505. The normalized spacial score (nSPS) is 10.9. The fourth-order valence-corrected chi connectivity index (χ4v) is 3.51. The zero-order chi connectivity index (χ0) is 19.4. The number of ether oxygens (including phenoxy) is 1. The summed E-state index contributed by atoms with van der Waals surface area (Å²) < 4.78 is 10.3. The van der Waals surface area contributed by atoms with E-state index in [0.717, 1.165) is 22.5 Å². The second-order valence-electron chi connectivity index (χ2n) is 5.98. The molecule has 0 saturated carbocycles. The number of rotatable bonds is 5. The molecule has 3 aromatic rings. The van der Waals surface area contributed by atoms with E-state index in [0.29, 0.717) is 16.3 Å². The van der Waals surface area contributed by atoms with Crippen LogP contribution in [-0.2, 0) is 9.53 Å². The first-order valence-corrected chi connectivity index (χ1v) is 9.18. The highest BCUT2D eigenvalue weighted by Crippen LogP contribution is 2.36. The predicted octanol–water partition coefficient (Wildman–Crippen LogP) is 5.06. The summed E-state index contributed by atoms with van der Waals surface area (Å²) in [6, 6.07) is 11.4. The number of nitrogens with one attached hydrogen (secondary N) is 1. The van der Waals surface area contributed by atoms with Gasteiger partial charge in [0.05, 0.1) is 7.11 Å². The lowest BCUT2D eigenvalue weighted by Gasteiger charge is -2.07. The highest BCUT2D eigenvalue weighted by molar-refractivity contribution is 7.15. The molecular weight excluding hydrogens is 362 g/mol. The molecule has 6 heteroatoms. The van der Waals surface area contributed by atoms with Crippen LogP contribution in [0.15, 0.2) is 52.3 Å². The number of benzene rings is 1. The number of aryl methyl sites for hydroxylation is 2. The van der Waals surface area contributed by atoms with Gasteiger partial charge in [0.2, 0.25) is 5.91 Å². The van der Waals surface area contributed by atoms with Crippen LogP contribution in [0.2, 0.25) is 0 Å². The molecule has 138 valence electrons. The Morgan fingerprint density at radius 3 is 2.48 bits per heavy atom. The van der Waals surface area contributed by atoms with Gasteiger partial charge in [-0.1, -0.05) is 29.8 Å². The third-order valence-corrected chi connectivity index (χ3v) is 4.84. The van der Waals surface area contributed by atoms with Crippen molar-refractivity contribution in [2.24, 2.45) is 0 Å². The van der Waals surface area contributed by atoms with Crippen molar-refractivity contribution in [1.82, 2.24) is 0 Å². The van der Waals surface area contributed by atoms with Crippen molar-refractivity contribution < 1.29 is 18.7 Å². The Balaban J connectivity index is 1.86. The average molecular weight is 381 g/mol. The highest BCUT2D eigenvalue weighted by Gasteiger charge is 2.21. The zero-order valence-corrected chi connectivity index (χ0v) is 16.1. The first-order valence-electron chi connectivity index (χ1n) is 8.30. The summed E-state index contributed by atoms with van der Waals surface area (Å²) in [6.45, 7) is 3.83. The van der Waals surface area contributed by atoms with Crippen molar-refractivity contribution >= 4 is 34.3 Å². The van der Waals surface area contributed by atoms with Gasteiger partial charge in [-0.3, -0.25) is 4.79 Å². The molecule has 0 aliphatic carbocycles. The largest absolute Gasteiger partial charge is 0.465 e. The second-order valence-corrected chi connectivity index (χ2v) is 6.86. The summed E-state index contributed by atoms with van der Waals surface area (Å²) in [7, 11) is 1.32. The van der Waals surface area contributed by atoms with E-state index in [1.165, 1.54) is 24.5 Å². The number of hydrogen-bond donors (Lipinski definition) is 1. The minimum absolute atomic E-state index is 0.349. The maximum atomic E-state index is 12.3.